The molecule has 0 bridgehead atoms. The van der Waals surface area contributed by atoms with Crippen molar-refractivity contribution in [1.29, 1.82) is 0 Å². The molecule has 0 unspecified atom stereocenters. The first-order valence-electron chi connectivity index (χ1n) is 5.15. The molecule has 0 heterocycles. The topological polar surface area (TPSA) is 64.6 Å². The van der Waals surface area contributed by atoms with Gasteiger partial charge in [0.1, 0.15) is 5.75 Å². The van der Waals surface area contributed by atoms with E-state index in [9.17, 15) is 9.59 Å². The van der Waals surface area contributed by atoms with E-state index in [-0.39, 0.29) is 5.91 Å². The molecule has 0 aliphatic carbocycles. The van der Waals surface area contributed by atoms with Crippen LogP contribution in [0.1, 0.15) is 13.8 Å². The third-order valence-electron chi connectivity index (χ3n) is 2.00. The highest BCUT2D eigenvalue weighted by atomic mass is 16.6. The number of anilines is 1. The van der Waals surface area contributed by atoms with Gasteiger partial charge in [-0.05, 0) is 19.1 Å². The van der Waals surface area contributed by atoms with Gasteiger partial charge in [0.2, 0.25) is 5.91 Å². The first-order valence-corrected chi connectivity index (χ1v) is 5.15. The predicted molar refractivity (Wildman–Crippen MR) is 62.9 cm³/mol. The van der Waals surface area contributed by atoms with Crippen LogP contribution in [0.25, 0.3) is 0 Å². The zero-order chi connectivity index (χ0) is 12.8. The zero-order valence-electron chi connectivity index (χ0n) is 10.0. The summed E-state index contributed by atoms with van der Waals surface area (Å²) in [4.78, 5) is 22.0. The molecule has 0 aromatic heterocycles. The van der Waals surface area contributed by atoms with E-state index in [1.165, 1.54) is 14.0 Å². The molecular weight excluding hydrogens is 222 g/mol. The van der Waals surface area contributed by atoms with Gasteiger partial charge in [-0.3, -0.25) is 4.79 Å². The molecule has 17 heavy (non-hydrogen) atoms. The minimum absolute atomic E-state index is 0.164. The summed E-state index contributed by atoms with van der Waals surface area (Å²) in [6, 6.07) is 6.80. The number of rotatable bonds is 4. The minimum atomic E-state index is -0.687. The molecule has 5 nitrogen and oxygen atoms in total. The molecule has 0 saturated heterocycles. The highest BCUT2D eigenvalue weighted by molar-refractivity contribution is 5.88. The molecule has 0 spiro atoms. The first-order chi connectivity index (χ1) is 8.02. The Bertz CT molecular complexity index is 417. The zero-order valence-corrected chi connectivity index (χ0v) is 10.0. The summed E-state index contributed by atoms with van der Waals surface area (Å²) < 4.78 is 9.91. The summed E-state index contributed by atoms with van der Waals surface area (Å²) in [5.74, 6) is -0.118. The molecule has 1 aromatic rings. The van der Waals surface area contributed by atoms with Gasteiger partial charge in [0.05, 0.1) is 7.11 Å². The molecule has 0 fully saturated rings. The van der Waals surface area contributed by atoms with E-state index < -0.39 is 12.1 Å². The maximum absolute atomic E-state index is 11.2. The molecule has 0 aliphatic heterocycles. The van der Waals surface area contributed by atoms with Gasteiger partial charge in [-0.2, -0.15) is 0 Å². The third-order valence-corrected chi connectivity index (χ3v) is 2.00. The van der Waals surface area contributed by atoms with E-state index in [0.717, 1.165) is 0 Å². The third kappa shape index (κ3) is 4.14. The van der Waals surface area contributed by atoms with Gasteiger partial charge in [0.25, 0.3) is 0 Å². The normalized spacial score (nSPS) is 11.5. The first kappa shape index (κ1) is 13.0. The van der Waals surface area contributed by atoms with Crippen molar-refractivity contribution in [1.82, 2.24) is 0 Å². The maximum Gasteiger partial charge on any atom is 0.346 e. The number of amides is 1. The number of ether oxygens (including phenoxy) is 2. The van der Waals surface area contributed by atoms with Crippen LogP contribution < -0.4 is 10.1 Å². The Kier molecular flexibility index (Phi) is 4.51. The van der Waals surface area contributed by atoms with E-state index in [4.69, 9.17) is 4.74 Å². The Labute approximate surface area is 99.7 Å². The molecule has 1 atom stereocenters. The fourth-order valence-corrected chi connectivity index (χ4v) is 1.27. The average Bonchev–Trinajstić information content (AvgIpc) is 2.27. The highest BCUT2D eigenvalue weighted by Gasteiger charge is 2.14. The summed E-state index contributed by atoms with van der Waals surface area (Å²) >= 11 is 0. The lowest BCUT2D eigenvalue weighted by Crippen LogP contribution is -2.24. The maximum atomic E-state index is 11.2. The van der Waals surface area contributed by atoms with Crippen LogP contribution in [0.5, 0.6) is 5.75 Å². The van der Waals surface area contributed by atoms with Crippen molar-refractivity contribution in [2.24, 2.45) is 0 Å². The second-order valence-electron chi connectivity index (χ2n) is 3.49. The molecule has 1 rings (SSSR count). The predicted octanol–water partition coefficient (Wildman–Crippen LogP) is 1.59. The van der Waals surface area contributed by atoms with Crippen molar-refractivity contribution in [3.63, 3.8) is 0 Å². The molecule has 1 amide bonds. The lowest BCUT2D eigenvalue weighted by atomic mass is 10.3. The van der Waals surface area contributed by atoms with E-state index in [2.05, 4.69) is 10.1 Å². The molecule has 0 radical (unpaired) electrons. The van der Waals surface area contributed by atoms with Crippen LogP contribution in [0.2, 0.25) is 0 Å². The summed E-state index contributed by atoms with van der Waals surface area (Å²) in [7, 11) is 1.30. The smallest absolute Gasteiger partial charge is 0.346 e. The lowest BCUT2D eigenvalue weighted by Gasteiger charge is -2.13. The van der Waals surface area contributed by atoms with Gasteiger partial charge < -0.3 is 14.8 Å². The summed E-state index contributed by atoms with van der Waals surface area (Å²) in [6.45, 7) is 3.02. The Morgan fingerprint density at radius 3 is 2.65 bits per heavy atom. The van der Waals surface area contributed by atoms with Crippen molar-refractivity contribution in [3.05, 3.63) is 24.3 Å². The van der Waals surface area contributed by atoms with Crippen LogP contribution in [0, 0.1) is 0 Å². The van der Waals surface area contributed by atoms with Crippen LogP contribution in [0.4, 0.5) is 5.69 Å². The number of hydrogen-bond donors (Lipinski definition) is 1. The van der Waals surface area contributed by atoms with Crippen molar-refractivity contribution >= 4 is 17.6 Å². The Morgan fingerprint density at radius 2 is 2.06 bits per heavy atom. The Hall–Kier alpha value is -2.04. The minimum Gasteiger partial charge on any atom is -0.479 e. The van der Waals surface area contributed by atoms with Crippen LogP contribution in [0.15, 0.2) is 24.3 Å². The van der Waals surface area contributed by atoms with E-state index in [1.54, 1.807) is 31.2 Å². The number of hydrogen-bond acceptors (Lipinski definition) is 4. The fraction of sp³-hybridized carbons (Fsp3) is 0.333. The number of nitrogens with one attached hydrogen (secondary N) is 1. The van der Waals surface area contributed by atoms with Crippen LogP contribution in [0.3, 0.4) is 0 Å². The Balaban J connectivity index is 2.71. The van der Waals surface area contributed by atoms with Gasteiger partial charge in [-0.15, -0.1) is 0 Å². The molecule has 5 heteroatoms. The standard InChI is InChI=1S/C12H15NO4/c1-8(12(15)16-3)17-11-6-4-5-10(7-11)13-9(2)14/h4-8H,1-3H3,(H,13,14)/t8-/m1/s1. The van der Waals surface area contributed by atoms with Crippen LogP contribution in [-0.4, -0.2) is 25.1 Å². The largest absolute Gasteiger partial charge is 0.479 e. The van der Waals surface area contributed by atoms with E-state index in [1.807, 2.05) is 0 Å². The lowest BCUT2D eigenvalue weighted by molar-refractivity contribution is -0.147. The second-order valence-corrected chi connectivity index (χ2v) is 3.49. The number of carbonyl (C=O) groups is 2. The summed E-state index contributed by atoms with van der Waals surface area (Å²) in [5.41, 5.74) is 0.618. The Morgan fingerprint density at radius 1 is 1.35 bits per heavy atom. The molecule has 0 aliphatic rings. The van der Waals surface area contributed by atoms with Gasteiger partial charge in [-0.1, -0.05) is 6.07 Å². The van der Waals surface area contributed by atoms with Crippen molar-refractivity contribution in [3.8, 4) is 5.75 Å². The average molecular weight is 237 g/mol. The molecule has 1 aromatic carbocycles. The van der Waals surface area contributed by atoms with Gasteiger partial charge in [-0.25, -0.2) is 4.79 Å². The molecule has 92 valence electrons. The van der Waals surface area contributed by atoms with Crippen molar-refractivity contribution in [2.45, 2.75) is 20.0 Å². The monoisotopic (exact) mass is 237 g/mol. The fourth-order valence-electron chi connectivity index (χ4n) is 1.27. The second kappa shape index (κ2) is 5.89. The van der Waals surface area contributed by atoms with Gasteiger partial charge in [0.15, 0.2) is 6.10 Å². The van der Waals surface area contributed by atoms with Crippen LogP contribution >= 0.6 is 0 Å². The van der Waals surface area contributed by atoms with E-state index in [0.29, 0.717) is 11.4 Å². The summed E-state index contributed by atoms with van der Waals surface area (Å²) in [6.07, 6.45) is -0.687. The number of methoxy groups -OCH3 is 1. The van der Waals surface area contributed by atoms with E-state index >= 15 is 0 Å². The SMILES string of the molecule is COC(=O)[C@@H](C)Oc1cccc(NC(C)=O)c1. The summed E-state index contributed by atoms with van der Waals surface area (Å²) in [5, 5.41) is 2.63. The number of benzene rings is 1. The number of esters is 1. The van der Waals surface area contributed by atoms with Crippen molar-refractivity contribution < 1.29 is 19.1 Å². The quantitative estimate of drug-likeness (QED) is 0.807. The highest BCUT2D eigenvalue weighted by Crippen LogP contribution is 2.18. The van der Waals surface area contributed by atoms with Gasteiger partial charge in [0, 0.05) is 18.7 Å². The molecule has 0 saturated carbocycles. The molecule has 1 N–H and O–H groups in total. The van der Waals surface area contributed by atoms with Gasteiger partial charge >= 0.3 is 5.97 Å². The van der Waals surface area contributed by atoms with Crippen molar-refractivity contribution in [2.75, 3.05) is 12.4 Å². The van der Waals surface area contributed by atoms with Crippen LogP contribution in [-0.2, 0) is 14.3 Å². The number of carbonyl (C=O) groups excluding carboxylic acids is 2. The molecular formula is C12H15NO4.